The smallest absolute Gasteiger partial charge is 0.243 e. The summed E-state index contributed by atoms with van der Waals surface area (Å²) in [5.41, 5.74) is 0.725. The van der Waals surface area contributed by atoms with Crippen LogP contribution in [0.5, 0.6) is 17.4 Å². The maximum absolute atomic E-state index is 13.3. The molecular formula is C24H26FN7O5S. The minimum Gasteiger partial charge on any atom is -0.494 e. The van der Waals surface area contributed by atoms with Gasteiger partial charge in [-0.3, -0.25) is 9.29 Å². The number of sulfonamides is 1. The van der Waals surface area contributed by atoms with E-state index in [0.717, 1.165) is 12.4 Å². The highest BCUT2D eigenvalue weighted by Crippen LogP contribution is 2.37. The number of rotatable bonds is 11. The number of methoxy groups -OCH3 is 2. The lowest BCUT2D eigenvalue weighted by Gasteiger charge is -2.19. The zero-order chi connectivity index (χ0) is 27.3. The largest absolute Gasteiger partial charge is 0.494 e. The van der Waals surface area contributed by atoms with Crippen molar-refractivity contribution in [3.63, 3.8) is 0 Å². The molecule has 0 aliphatic carbocycles. The molecule has 3 aromatic heterocycles. The van der Waals surface area contributed by atoms with Crippen molar-refractivity contribution in [3.05, 3.63) is 60.4 Å². The molecule has 4 rings (SSSR count). The number of hydrogen-bond acceptors (Lipinski definition) is 10. The molecule has 0 saturated carbocycles. The van der Waals surface area contributed by atoms with E-state index in [4.69, 9.17) is 14.2 Å². The minimum atomic E-state index is -4.05. The quantitative estimate of drug-likeness (QED) is 0.300. The number of hydrogen-bond donors (Lipinski definition) is 1. The molecule has 0 amide bonds. The standard InChI is InChI=1S/C24H26FN7O5S/c1-5-37-21-11-6-8-17(28-21)23-29-30-24(32(23)22-18(35-3)9-7-10-19(22)36-4)31-38(33,34)15(2)12-20-26-13-16(25)14-27-20/h6-11,13-15H,5,12H2,1-4H3,(H,30,31)/t15-/m1/s1. The van der Waals surface area contributed by atoms with Gasteiger partial charge in [-0.2, -0.15) is 0 Å². The molecule has 4 aromatic rings. The number of halogens is 1. The predicted molar refractivity (Wildman–Crippen MR) is 137 cm³/mol. The van der Waals surface area contributed by atoms with E-state index in [1.165, 1.54) is 25.7 Å². The number of para-hydroxylation sites is 1. The van der Waals surface area contributed by atoms with Gasteiger partial charge in [0.05, 0.1) is 38.5 Å². The third kappa shape index (κ3) is 5.64. The summed E-state index contributed by atoms with van der Waals surface area (Å²) in [6.45, 7) is 3.72. The normalized spacial score (nSPS) is 12.1. The third-order valence-electron chi connectivity index (χ3n) is 5.44. The minimum absolute atomic E-state index is 0.0630. The first-order valence-corrected chi connectivity index (χ1v) is 13.1. The number of pyridine rings is 1. The van der Waals surface area contributed by atoms with Gasteiger partial charge in [-0.05, 0) is 32.0 Å². The van der Waals surface area contributed by atoms with Crippen LogP contribution >= 0.6 is 0 Å². The van der Waals surface area contributed by atoms with E-state index in [2.05, 4.69) is 29.9 Å². The number of ether oxygens (including phenoxy) is 3. The second-order valence-corrected chi connectivity index (χ2v) is 10.1. The van der Waals surface area contributed by atoms with Gasteiger partial charge in [0.15, 0.2) is 11.6 Å². The molecule has 0 saturated heterocycles. The molecule has 200 valence electrons. The van der Waals surface area contributed by atoms with Crippen molar-refractivity contribution in [1.29, 1.82) is 0 Å². The molecule has 0 aliphatic heterocycles. The average molecular weight is 544 g/mol. The van der Waals surface area contributed by atoms with Crippen LogP contribution in [0.2, 0.25) is 0 Å². The van der Waals surface area contributed by atoms with Gasteiger partial charge in [0.25, 0.3) is 0 Å². The first-order chi connectivity index (χ1) is 18.3. The van der Waals surface area contributed by atoms with Gasteiger partial charge in [-0.25, -0.2) is 27.8 Å². The van der Waals surface area contributed by atoms with E-state index < -0.39 is 21.1 Å². The highest BCUT2D eigenvalue weighted by molar-refractivity contribution is 7.93. The Balaban J connectivity index is 1.81. The molecule has 14 heteroatoms. The lowest BCUT2D eigenvalue weighted by atomic mass is 10.2. The molecule has 0 radical (unpaired) electrons. The monoisotopic (exact) mass is 543 g/mol. The van der Waals surface area contributed by atoms with Gasteiger partial charge in [-0.15, -0.1) is 10.2 Å². The predicted octanol–water partition coefficient (Wildman–Crippen LogP) is 3.05. The van der Waals surface area contributed by atoms with Gasteiger partial charge >= 0.3 is 0 Å². The van der Waals surface area contributed by atoms with Crippen LogP contribution in [0.15, 0.2) is 48.8 Å². The fourth-order valence-corrected chi connectivity index (χ4v) is 4.54. The molecule has 1 aromatic carbocycles. The van der Waals surface area contributed by atoms with E-state index in [9.17, 15) is 12.8 Å². The van der Waals surface area contributed by atoms with Gasteiger partial charge in [-0.1, -0.05) is 12.1 Å². The number of nitrogens with one attached hydrogen (secondary N) is 1. The van der Waals surface area contributed by atoms with Gasteiger partial charge < -0.3 is 14.2 Å². The summed E-state index contributed by atoms with van der Waals surface area (Å²) in [6.07, 6.45) is 1.90. The maximum Gasteiger partial charge on any atom is 0.243 e. The SMILES string of the molecule is CCOc1cccc(-c2nnc(NS(=O)(=O)[C@H](C)Cc3ncc(F)cn3)n2-c2c(OC)cccc2OC)n1. The third-order valence-corrected chi connectivity index (χ3v) is 7.13. The zero-order valence-electron chi connectivity index (χ0n) is 21.1. The van der Waals surface area contributed by atoms with Crippen molar-refractivity contribution in [1.82, 2.24) is 29.7 Å². The van der Waals surface area contributed by atoms with Gasteiger partial charge in [0.2, 0.25) is 21.9 Å². The van der Waals surface area contributed by atoms with Crippen molar-refractivity contribution in [2.45, 2.75) is 25.5 Å². The van der Waals surface area contributed by atoms with Crippen LogP contribution in [0.1, 0.15) is 19.7 Å². The summed E-state index contributed by atoms with van der Waals surface area (Å²) in [7, 11) is -1.10. The molecule has 0 bridgehead atoms. The molecule has 0 unspecified atom stereocenters. The van der Waals surface area contributed by atoms with E-state index >= 15 is 0 Å². The topological polar surface area (TPSA) is 143 Å². The Hall–Kier alpha value is -4.33. The van der Waals surface area contributed by atoms with Crippen molar-refractivity contribution in [2.24, 2.45) is 0 Å². The first kappa shape index (κ1) is 26.7. The fraction of sp³-hybridized carbons (Fsp3) is 0.292. The van der Waals surface area contributed by atoms with E-state index in [1.54, 1.807) is 36.4 Å². The number of anilines is 1. The average Bonchev–Trinajstić information content (AvgIpc) is 3.32. The van der Waals surface area contributed by atoms with Crippen molar-refractivity contribution in [3.8, 4) is 34.6 Å². The summed E-state index contributed by atoms with van der Waals surface area (Å²) in [4.78, 5) is 12.2. The summed E-state index contributed by atoms with van der Waals surface area (Å²) < 4.78 is 60.4. The van der Waals surface area contributed by atoms with Crippen molar-refractivity contribution in [2.75, 3.05) is 25.5 Å². The van der Waals surface area contributed by atoms with Crippen molar-refractivity contribution >= 4 is 16.0 Å². The molecule has 3 heterocycles. The maximum atomic E-state index is 13.3. The van der Waals surface area contributed by atoms with Crippen LogP contribution in [-0.4, -0.2) is 64.2 Å². The molecule has 0 spiro atoms. The van der Waals surface area contributed by atoms with Crippen LogP contribution in [-0.2, 0) is 16.4 Å². The second-order valence-electron chi connectivity index (χ2n) is 7.97. The lowest BCUT2D eigenvalue weighted by molar-refractivity contribution is 0.327. The summed E-state index contributed by atoms with van der Waals surface area (Å²) in [5, 5.41) is 7.37. The Morgan fingerprint density at radius 2 is 1.68 bits per heavy atom. The fourth-order valence-electron chi connectivity index (χ4n) is 3.59. The Kier molecular flexibility index (Phi) is 8.00. The molecular weight excluding hydrogens is 517 g/mol. The Morgan fingerprint density at radius 1 is 1.03 bits per heavy atom. The Labute approximate surface area is 218 Å². The van der Waals surface area contributed by atoms with Gasteiger partial charge in [0.1, 0.15) is 28.7 Å². The van der Waals surface area contributed by atoms with Crippen LogP contribution in [0.3, 0.4) is 0 Å². The van der Waals surface area contributed by atoms with Crippen LogP contribution in [0.25, 0.3) is 17.2 Å². The summed E-state index contributed by atoms with van der Waals surface area (Å²) >= 11 is 0. The highest BCUT2D eigenvalue weighted by atomic mass is 32.2. The van der Waals surface area contributed by atoms with Gasteiger partial charge in [0, 0.05) is 12.5 Å². The lowest BCUT2D eigenvalue weighted by Crippen LogP contribution is -2.29. The first-order valence-electron chi connectivity index (χ1n) is 11.5. The van der Waals surface area contributed by atoms with Crippen LogP contribution in [0.4, 0.5) is 10.3 Å². The van der Waals surface area contributed by atoms with E-state index in [1.807, 2.05) is 6.92 Å². The summed E-state index contributed by atoms with van der Waals surface area (Å²) in [6, 6.07) is 10.2. The number of aromatic nitrogens is 6. The second kappa shape index (κ2) is 11.4. The Morgan fingerprint density at radius 3 is 2.32 bits per heavy atom. The molecule has 38 heavy (non-hydrogen) atoms. The summed E-state index contributed by atoms with van der Waals surface area (Å²) in [5.74, 6) is 0.756. The number of benzene rings is 1. The molecule has 12 nitrogen and oxygen atoms in total. The van der Waals surface area contributed by atoms with E-state index in [-0.39, 0.29) is 24.0 Å². The zero-order valence-corrected chi connectivity index (χ0v) is 21.9. The van der Waals surface area contributed by atoms with Crippen LogP contribution in [0, 0.1) is 5.82 Å². The molecule has 1 N–H and O–H groups in total. The molecule has 0 fully saturated rings. The van der Waals surface area contributed by atoms with Crippen molar-refractivity contribution < 1.29 is 27.0 Å². The van der Waals surface area contributed by atoms with E-state index in [0.29, 0.717) is 35.4 Å². The number of nitrogens with zero attached hydrogens (tertiary/aromatic N) is 6. The highest BCUT2D eigenvalue weighted by Gasteiger charge is 2.29. The van der Waals surface area contributed by atoms with Crippen LogP contribution < -0.4 is 18.9 Å². The molecule has 1 atom stereocenters. The Bertz CT molecular complexity index is 1490. The molecule has 0 aliphatic rings.